The number of benzene rings is 1. The van der Waals surface area contributed by atoms with E-state index in [-0.39, 0.29) is 12.4 Å². The molecule has 0 unspecified atom stereocenters. The number of hydrogen-bond donors (Lipinski definition) is 0. The van der Waals surface area contributed by atoms with E-state index < -0.39 is 0 Å². The van der Waals surface area contributed by atoms with Crippen molar-refractivity contribution in [2.45, 2.75) is 50.3 Å². The summed E-state index contributed by atoms with van der Waals surface area (Å²) in [6.45, 7) is 5.89. The highest BCUT2D eigenvalue weighted by Gasteiger charge is 2.28. The van der Waals surface area contributed by atoms with Gasteiger partial charge in [-0.1, -0.05) is 30.3 Å². The van der Waals surface area contributed by atoms with Crippen molar-refractivity contribution in [1.82, 2.24) is 0 Å². The van der Waals surface area contributed by atoms with Gasteiger partial charge < -0.3 is 14.2 Å². The van der Waals surface area contributed by atoms with Crippen LogP contribution in [0.2, 0.25) is 0 Å². The molecule has 5 heteroatoms. The topological polar surface area (TPSA) is 27.7 Å². The van der Waals surface area contributed by atoms with Gasteiger partial charge in [0.05, 0.1) is 11.2 Å². The minimum Gasteiger partial charge on any atom is -0.368 e. The van der Waals surface area contributed by atoms with Gasteiger partial charge in [-0.15, -0.1) is 23.5 Å². The molecular weight excluding hydrogens is 328 g/mol. The molecule has 1 atom stereocenters. The van der Waals surface area contributed by atoms with Crippen molar-refractivity contribution in [3.05, 3.63) is 35.9 Å². The first-order valence-corrected chi connectivity index (χ1v) is 10.5. The molecule has 0 aliphatic carbocycles. The van der Waals surface area contributed by atoms with Gasteiger partial charge in [0.15, 0.2) is 6.29 Å². The van der Waals surface area contributed by atoms with Crippen molar-refractivity contribution < 1.29 is 14.2 Å². The molecule has 1 aliphatic heterocycles. The van der Waals surface area contributed by atoms with Crippen molar-refractivity contribution in [2.75, 3.05) is 24.7 Å². The Morgan fingerprint density at radius 3 is 2.26 bits per heavy atom. The highest BCUT2D eigenvalue weighted by Crippen LogP contribution is 2.35. The van der Waals surface area contributed by atoms with Gasteiger partial charge in [-0.3, -0.25) is 0 Å². The fourth-order valence-electron chi connectivity index (χ4n) is 2.49. The molecule has 0 bridgehead atoms. The van der Waals surface area contributed by atoms with E-state index in [0.717, 1.165) is 6.42 Å². The monoisotopic (exact) mass is 356 g/mol. The maximum Gasteiger partial charge on any atom is 0.183 e. The van der Waals surface area contributed by atoms with Gasteiger partial charge >= 0.3 is 0 Å². The Morgan fingerprint density at radius 2 is 1.65 bits per heavy atom. The van der Waals surface area contributed by atoms with E-state index in [1.165, 1.54) is 23.5 Å². The summed E-state index contributed by atoms with van der Waals surface area (Å²) in [5.74, 6) is 2.49. The number of ether oxygens (including phenoxy) is 3. The summed E-state index contributed by atoms with van der Waals surface area (Å²) >= 11 is 4.08. The Kier molecular flexibility index (Phi) is 9.46. The molecule has 3 nitrogen and oxygen atoms in total. The molecule has 0 saturated carbocycles. The minimum absolute atomic E-state index is 0.0294. The number of hydrogen-bond acceptors (Lipinski definition) is 5. The third-order valence-electron chi connectivity index (χ3n) is 3.59. The van der Waals surface area contributed by atoms with Crippen molar-refractivity contribution in [3.63, 3.8) is 0 Å². The van der Waals surface area contributed by atoms with Crippen LogP contribution in [0.4, 0.5) is 0 Å². The molecule has 1 fully saturated rings. The van der Waals surface area contributed by atoms with Crippen LogP contribution in [0.25, 0.3) is 0 Å². The normalized spacial score (nSPS) is 17.5. The zero-order valence-electron chi connectivity index (χ0n) is 14.1. The van der Waals surface area contributed by atoms with E-state index in [1.54, 1.807) is 0 Å². The zero-order valence-corrected chi connectivity index (χ0v) is 15.7. The molecule has 1 heterocycles. The molecule has 23 heavy (non-hydrogen) atoms. The van der Waals surface area contributed by atoms with Crippen LogP contribution in [0, 0.1) is 0 Å². The highest BCUT2D eigenvalue weighted by molar-refractivity contribution is 8.17. The first kappa shape index (κ1) is 19.1. The van der Waals surface area contributed by atoms with Crippen LogP contribution < -0.4 is 0 Å². The molecule has 130 valence electrons. The summed E-state index contributed by atoms with van der Waals surface area (Å²) in [6.07, 6.45) is 1.96. The molecule has 0 spiro atoms. The fraction of sp³-hybridized carbons (Fsp3) is 0.667. The Hall–Kier alpha value is -0.200. The summed E-state index contributed by atoms with van der Waals surface area (Å²) in [4.78, 5) is 0. The maximum absolute atomic E-state index is 6.22. The third-order valence-corrected chi connectivity index (χ3v) is 6.59. The van der Waals surface area contributed by atoms with Crippen molar-refractivity contribution in [3.8, 4) is 0 Å². The molecule has 0 amide bonds. The van der Waals surface area contributed by atoms with Crippen LogP contribution in [0.3, 0.4) is 0 Å². The first-order valence-electron chi connectivity index (χ1n) is 8.45. The number of thioether (sulfide) groups is 2. The molecule has 0 aromatic heterocycles. The summed E-state index contributed by atoms with van der Waals surface area (Å²) in [7, 11) is 0. The second-order valence-electron chi connectivity index (χ2n) is 5.37. The van der Waals surface area contributed by atoms with E-state index in [0.29, 0.717) is 24.4 Å². The summed E-state index contributed by atoms with van der Waals surface area (Å²) in [6, 6.07) is 10.3. The third kappa shape index (κ3) is 7.06. The molecule has 1 aliphatic rings. The van der Waals surface area contributed by atoms with E-state index >= 15 is 0 Å². The lowest BCUT2D eigenvalue weighted by atomic mass is 10.2. The van der Waals surface area contributed by atoms with E-state index in [1.807, 2.05) is 55.6 Å². The lowest BCUT2D eigenvalue weighted by molar-refractivity contribution is -0.206. The van der Waals surface area contributed by atoms with E-state index in [2.05, 4.69) is 12.1 Å². The van der Waals surface area contributed by atoms with Gasteiger partial charge in [-0.05, 0) is 43.8 Å². The van der Waals surface area contributed by atoms with Crippen LogP contribution in [-0.4, -0.2) is 41.7 Å². The molecule has 2 rings (SSSR count). The Morgan fingerprint density at radius 1 is 1.00 bits per heavy atom. The van der Waals surface area contributed by atoms with Crippen LogP contribution in [0.1, 0.15) is 32.3 Å². The van der Waals surface area contributed by atoms with Crippen molar-refractivity contribution in [2.24, 2.45) is 0 Å². The molecule has 1 aromatic carbocycles. The van der Waals surface area contributed by atoms with Gasteiger partial charge in [0.2, 0.25) is 0 Å². The molecular formula is C18H28O3S2. The SMILES string of the molecule is CCOC(OCC)[C@@H](CC1SCCCS1)OCc1ccccc1. The summed E-state index contributed by atoms with van der Waals surface area (Å²) < 4.78 is 18.4. The highest BCUT2D eigenvalue weighted by atomic mass is 32.2. The predicted octanol–water partition coefficient (Wildman–Crippen LogP) is 4.56. The molecule has 0 radical (unpaired) electrons. The second-order valence-corrected chi connectivity index (χ2v) is 8.29. The zero-order chi connectivity index (χ0) is 16.3. The number of rotatable bonds is 10. The first-order chi connectivity index (χ1) is 11.3. The van der Waals surface area contributed by atoms with Crippen molar-refractivity contribution >= 4 is 23.5 Å². The standard InChI is InChI=1S/C18H28O3S2/c1-3-19-18(20-4-2)16(13-17-22-11-8-12-23-17)21-14-15-9-6-5-7-10-15/h5-7,9-10,16-18H,3-4,8,11-14H2,1-2H3/t16-/m1/s1. The lowest BCUT2D eigenvalue weighted by Crippen LogP contribution is -2.36. The largest absolute Gasteiger partial charge is 0.368 e. The van der Waals surface area contributed by atoms with Gasteiger partial charge in [0.25, 0.3) is 0 Å². The van der Waals surface area contributed by atoms with Crippen LogP contribution in [-0.2, 0) is 20.8 Å². The van der Waals surface area contributed by atoms with Gasteiger partial charge in [0.1, 0.15) is 6.10 Å². The Balaban J connectivity index is 1.96. The summed E-state index contributed by atoms with van der Waals surface area (Å²) in [5.41, 5.74) is 1.19. The Labute approximate surface area is 148 Å². The Bertz CT molecular complexity index is 404. The average molecular weight is 357 g/mol. The minimum atomic E-state index is -0.281. The molecule has 1 saturated heterocycles. The van der Waals surface area contributed by atoms with Gasteiger partial charge in [0, 0.05) is 13.2 Å². The van der Waals surface area contributed by atoms with E-state index in [9.17, 15) is 0 Å². The van der Waals surface area contributed by atoms with Crippen LogP contribution in [0.15, 0.2) is 30.3 Å². The predicted molar refractivity (Wildman–Crippen MR) is 100.0 cm³/mol. The fourth-order valence-corrected chi connectivity index (χ4v) is 5.43. The summed E-state index contributed by atoms with van der Waals surface area (Å²) in [5, 5.41) is 0. The van der Waals surface area contributed by atoms with Gasteiger partial charge in [-0.2, -0.15) is 0 Å². The quantitative estimate of drug-likeness (QED) is 0.573. The molecule has 0 N–H and O–H groups in total. The second kappa shape index (κ2) is 11.4. The van der Waals surface area contributed by atoms with Crippen LogP contribution in [0.5, 0.6) is 0 Å². The lowest BCUT2D eigenvalue weighted by Gasteiger charge is -2.31. The van der Waals surface area contributed by atoms with Crippen molar-refractivity contribution in [1.29, 1.82) is 0 Å². The smallest absolute Gasteiger partial charge is 0.183 e. The van der Waals surface area contributed by atoms with Gasteiger partial charge in [-0.25, -0.2) is 0 Å². The molecule has 1 aromatic rings. The average Bonchev–Trinajstić information content (AvgIpc) is 2.60. The van der Waals surface area contributed by atoms with Crippen LogP contribution >= 0.6 is 23.5 Å². The van der Waals surface area contributed by atoms with E-state index in [4.69, 9.17) is 14.2 Å². The maximum atomic E-state index is 6.22.